The van der Waals surface area contributed by atoms with Crippen LogP contribution in [-0.4, -0.2) is 14.2 Å². The highest BCUT2D eigenvalue weighted by atomic mass is 35.7. The second kappa shape index (κ2) is 3.85. The van der Waals surface area contributed by atoms with Crippen LogP contribution in [0.3, 0.4) is 0 Å². The molecule has 58 valence electrons. The van der Waals surface area contributed by atoms with Gasteiger partial charge in [0.2, 0.25) is 9.05 Å². The summed E-state index contributed by atoms with van der Waals surface area (Å²) >= 11 is 0. The van der Waals surface area contributed by atoms with Gasteiger partial charge >= 0.3 is 0 Å². The van der Waals surface area contributed by atoms with E-state index in [2.05, 4.69) is 5.92 Å². The molecule has 0 heterocycles. The van der Waals surface area contributed by atoms with Gasteiger partial charge in [0.05, 0.1) is 5.75 Å². The molecule has 0 aromatic carbocycles. The maximum Gasteiger partial charge on any atom is 0.232 e. The summed E-state index contributed by atoms with van der Waals surface area (Å²) in [5.41, 5.74) is 0. The monoisotopic (exact) mass is 180 g/mol. The van der Waals surface area contributed by atoms with E-state index in [1.165, 1.54) is 0 Å². The first kappa shape index (κ1) is 9.80. The van der Waals surface area contributed by atoms with Crippen LogP contribution in [0.15, 0.2) is 0 Å². The Morgan fingerprint density at radius 1 is 1.70 bits per heavy atom. The van der Waals surface area contributed by atoms with Gasteiger partial charge in [-0.05, 0) is 6.42 Å². The summed E-state index contributed by atoms with van der Waals surface area (Å²) in [5, 5.41) is 0. The topological polar surface area (TPSA) is 34.1 Å². The molecule has 0 spiro atoms. The van der Waals surface area contributed by atoms with Crippen molar-refractivity contribution in [2.75, 3.05) is 5.75 Å². The van der Waals surface area contributed by atoms with E-state index in [0.29, 0.717) is 6.42 Å². The molecule has 4 heteroatoms. The maximum absolute atomic E-state index is 10.3. The van der Waals surface area contributed by atoms with Gasteiger partial charge in [0.15, 0.2) is 0 Å². The van der Waals surface area contributed by atoms with Crippen molar-refractivity contribution < 1.29 is 8.42 Å². The summed E-state index contributed by atoms with van der Waals surface area (Å²) in [6, 6.07) is 0. The van der Waals surface area contributed by atoms with E-state index in [1.54, 1.807) is 6.92 Å². The Kier molecular flexibility index (Phi) is 3.77. The van der Waals surface area contributed by atoms with E-state index >= 15 is 0 Å². The predicted octanol–water partition coefficient (Wildman–Crippen LogP) is 1.21. The van der Waals surface area contributed by atoms with Crippen LogP contribution in [-0.2, 0) is 9.05 Å². The van der Waals surface area contributed by atoms with Crippen LogP contribution >= 0.6 is 10.7 Å². The van der Waals surface area contributed by atoms with Crippen LogP contribution in [0.2, 0.25) is 0 Å². The first-order chi connectivity index (χ1) is 4.45. The van der Waals surface area contributed by atoms with Crippen molar-refractivity contribution in [1.82, 2.24) is 0 Å². The summed E-state index contributed by atoms with van der Waals surface area (Å²) < 4.78 is 20.7. The van der Waals surface area contributed by atoms with Crippen molar-refractivity contribution in [3.8, 4) is 12.3 Å². The molecule has 0 aliphatic carbocycles. The molecular weight excluding hydrogens is 172 g/mol. The second-order valence-corrected chi connectivity index (χ2v) is 5.00. The van der Waals surface area contributed by atoms with Crippen LogP contribution in [0.4, 0.5) is 0 Å². The van der Waals surface area contributed by atoms with Crippen LogP contribution in [0, 0.1) is 18.3 Å². The normalized spacial score (nSPS) is 14.1. The minimum Gasteiger partial charge on any atom is -0.212 e. The molecule has 0 aromatic heterocycles. The molecular formula is C6H9ClO2S. The Morgan fingerprint density at radius 2 is 2.20 bits per heavy atom. The van der Waals surface area contributed by atoms with Crippen molar-refractivity contribution in [2.24, 2.45) is 5.92 Å². The minimum absolute atomic E-state index is 0.0199. The van der Waals surface area contributed by atoms with Crippen molar-refractivity contribution in [3.63, 3.8) is 0 Å². The molecule has 0 rings (SSSR count). The van der Waals surface area contributed by atoms with Gasteiger partial charge in [0.25, 0.3) is 0 Å². The van der Waals surface area contributed by atoms with E-state index < -0.39 is 9.05 Å². The van der Waals surface area contributed by atoms with Gasteiger partial charge in [0.1, 0.15) is 0 Å². The molecule has 10 heavy (non-hydrogen) atoms. The minimum atomic E-state index is -3.35. The molecule has 0 aromatic rings. The predicted molar refractivity (Wildman–Crippen MR) is 42.3 cm³/mol. The van der Waals surface area contributed by atoms with Gasteiger partial charge in [-0.3, -0.25) is 0 Å². The molecule has 0 amide bonds. The van der Waals surface area contributed by atoms with Gasteiger partial charge in [-0.25, -0.2) is 8.42 Å². The average Bonchev–Trinajstić information content (AvgIpc) is 1.81. The highest BCUT2D eigenvalue weighted by Crippen LogP contribution is 2.05. The van der Waals surface area contributed by atoms with Crippen molar-refractivity contribution in [1.29, 1.82) is 0 Å². The second-order valence-electron chi connectivity index (χ2n) is 2.10. The molecule has 0 radical (unpaired) electrons. The van der Waals surface area contributed by atoms with Crippen LogP contribution in [0.5, 0.6) is 0 Å². The van der Waals surface area contributed by atoms with E-state index in [-0.39, 0.29) is 11.7 Å². The maximum atomic E-state index is 10.3. The fourth-order valence-corrected chi connectivity index (χ4v) is 1.30. The molecule has 0 fully saturated rings. The Labute approximate surface area is 66.0 Å². The lowest BCUT2D eigenvalue weighted by atomic mass is 10.1. The fourth-order valence-electron chi connectivity index (χ4n) is 0.401. The quantitative estimate of drug-likeness (QED) is 0.484. The lowest BCUT2D eigenvalue weighted by Crippen LogP contribution is -2.01. The molecule has 0 bridgehead atoms. The average molecular weight is 181 g/mol. The molecule has 1 atom stereocenters. The lowest BCUT2D eigenvalue weighted by Gasteiger charge is -1.98. The zero-order valence-corrected chi connectivity index (χ0v) is 7.24. The van der Waals surface area contributed by atoms with Crippen molar-refractivity contribution in [2.45, 2.75) is 13.3 Å². The smallest absolute Gasteiger partial charge is 0.212 e. The highest BCUT2D eigenvalue weighted by molar-refractivity contribution is 8.13. The van der Waals surface area contributed by atoms with Gasteiger partial charge in [-0.2, -0.15) is 0 Å². The van der Waals surface area contributed by atoms with E-state index in [9.17, 15) is 8.42 Å². The van der Waals surface area contributed by atoms with E-state index in [1.807, 2.05) is 0 Å². The Hall–Kier alpha value is -0.200. The third-order valence-corrected chi connectivity index (χ3v) is 2.27. The summed E-state index contributed by atoms with van der Waals surface area (Å²) in [6.07, 6.45) is 5.45. The molecule has 2 nitrogen and oxygen atoms in total. The van der Waals surface area contributed by atoms with E-state index in [4.69, 9.17) is 17.1 Å². The van der Waals surface area contributed by atoms with Crippen LogP contribution in [0.1, 0.15) is 13.3 Å². The third kappa shape index (κ3) is 5.93. The Bertz CT molecular complexity index is 225. The van der Waals surface area contributed by atoms with Crippen LogP contribution in [0.25, 0.3) is 0 Å². The summed E-state index contributed by atoms with van der Waals surface area (Å²) in [5.74, 6) is 2.35. The number of rotatable bonds is 3. The molecule has 1 unspecified atom stereocenters. The molecule has 0 saturated carbocycles. The molecule has 0 saturated heterocycles. The number of halogens is 1. The SMILES string of the molecule is C#CC(C)CCS(=O)(=O)Cl. The summed E-state index contributed by atoms with van der Waals surface area (Å²) in [7, 11) is 1.59. The standard InChI is InChI=1S/C6H9ClO2S/c1-3-6(2)4-5-10(7,8)9/h1,6H,4-5H2,2H3. The largest absolute Gasteiger partial charge is 0.232 e. The summed E-state index contributed by atoms with van der Waals surface area (Å²) in [6.45, 7) is 1.78. The zero-order chi connectivity index (χ0) is 8.20. The summed E-state index contributed by atoms with van der Waals surface area (Å²) in [4.78, 5) is 0. The van der Waals surface area contributed by atoms with Gasteiger partial charge in [0, 0.05) is 16.6 Å². The zero-order valence-electron chi connectivity index (χ0n) is 5.67. The molecule has 0 N–H and O–H groups in total. The lowest BCUT2D eigenvalue weighted by molar-refractivity contribution is 0.600. The Morgan fingerprint density at radius 3 is 2.50 bits per heavy atom. The first-order valence-electron chi connectivity index (χ1n) is 2.84. The number of hydrogen-bond acceptors (Lipinski definition) is 2. The first-order valence-corrected chi connectivity index (χ1v) is 5.32. The van der Waals surface area contributed by atoms with Crippen LogP contribution < -0.4 is 0 Å². The van der Waals surface area contributed by atoms with Gasteiger partial charge in [-0.1, -0.05) is 6.92 Å². The van der Waals surface area contributed by atoms with Gasteiger partial charge < -0.3 is 0 Å². The van der Waals surface area contributed by atoms with Crippen molar-refractivity contribution >= 4 is 19.7 Å². The number of hydrogen-bond donors (Lipinski definition) is 0. The third-order valence-electron chi connectivity index (χ3n) is 1.08. The molecule has 0 aliphatic heterocycles. The number of terminal acetylenes is 1. The van der Waals surface area contributed by atoms with Crippen molar-refractivity contribution in [3.05, 3.63) is 0 Å². The van der Waals surface area contributed by atoms with Gasteiger partial charge in [-0.15, -0.1) is 12.3 Å². The molecule has 0 aliphatic rings. The van der Waals surface area contributed by atoms with E-state index in [0.717, 1.165) is 0 Å². The highest BCUT2D eigenvalue weighted by Gasteiger charge is 2.06. The fraction of sp³-hybridized carbons (Fsp3) is 0.667. The Balaban J connectivity index is 3.70.